The van der Waals surface area contributed by atoms with Gasteiger partial charge in [0, 0.05) is 15.4 Å². The van der Waals surface area contributed by atoms with Crippen molar-refractivity contribution in [1.82, 2.24) is 4.98 Å². The molecule has 0 aromatic carbocycles. The molecule has 0 fully saturated rings. The molecule has 0 aliphatic heterocycles. The summed E-state index contributed by atoms with van der Waals surface area (Å²) in [6, 6.07) is 1.35. The molecule has 2 nitrogen and oxygen atoms in total. The van der Waals surface area contributed by atoms with Crippen LogP contribution in [-0.2, 0) is 5.33 Å². The van der Waals surface area contributed by atoms with Gasteiger partial charge < -0.3 is 0 Å². The topological polar surface area (TPSA) is 30.0 Å². The molecule has 0 radical (unpaired) electrons. The third-order valence-corrected chi connectivity index (χ3v) is 2.74. The van der Waals surface area contributed by atoms with Crippen LogP contribution in [-0.4, -0.2) is 11.3 Å². The number of carbonyl (C=O) groups excluding carboxylic acids is 1. The molecule has 0 spiro atoms. The van der Waals surface area contributed by atoms with Crippen LogP contribution in [0.25, 0.3) is 0 Å². The van der Waals surface area contributed by atoms with Gasteiger partial charge in [-0.3, -0.25) is 4.79 Å². The molecule has 0 aliphatic rings. The molecule has 76 valence electrons. The second-order valence-corrected chi connectivity index (χ2v) is 3.86. The first-order valence-electron chi connectivity index (χ1n) is 3.58. The maximum Gasteiger partial charge on any atom is 0.281 e. The van der Waals surface area contributed by atoms with Gasteiger partial charge in [-0.15, -0.1) is 0 Å². The van der Waals surface area contributed by atoms with Crippen molar-refractivity contribution in [3.63, 3.8) is 0 Å². The Morgan fingerprint density at radius 1 is 1.57 bits per heavy atom. The van der Waals surface area contributed by atoms with E-state index < -0.39 is 6.43 Å². The summed E-state index contributed by atoms with van der Waals surface area (Å²) in [5.74, 6) is 0. The van der Waals surface area contributed by atoms with E-state index in [1.807, 2.05) is 0 Å². The summed E-state index contributed by atoms with van der Waals surface area (Å²) in [5.41, 5.74) is 0.279. The lowest BCUT2D eigenvalue weighted by Gasteiger charge is -2.06. The fourth-order valence-electron chi connectivity index (χ4n) is 0.919. The Morgan fingerprint density at radius 2 is 2.21 bits per heavy atom. The number of pyridine rings is 1. The van der Waals surface area contributed by atoms with Gasteiger partial charge in [-0.05, 0) is 22.0 Å². The van der Waals surface area contributed by atoms with Gasteiger partial charge in [0.2, 0.25) is 0 Å². The van der Waals surface area contributed by atoms with Crippen LogP contribution in [0.1, 0.15) is 28.2 Å². The summed E-state index contributed by atoms with van der Waals surface area (Å²) >= 11 is 6.01. The highest BCUT2D eigenvalue weighted by Gasteiger charge is 2.16. The first-order valence-corrected chi connectivity index (χ1v) is 5.50. The molecule has 0 N–H and O–H groups in total. The van der Waals surface area contributed by atoms with Crippen LogP contribution in [0, 0.1) is 0 Å². The predicted molar refractivity (Wildman–Crippen MR) is 54.9 cm³/mol. The highest BCUT2D eigenvalue weighted by Crippen LogP contribution is 2.27. The van der Waals surface area contributed by atoms with Crippen LogP contribution in [0.3, 0.4) is 0 Å². The Kier molecular flexibility index (Phi) is 4.12. The van der Waals surface area contributed by atoms with Gasteiger partial charge in [0.15, 0.2) is 6.29 Å². The Morgan fingerprint density at radius 3 is 2.64 bits per heavy atom. The minimum Gasteiger partial charge on any atom is -0.298 e. The summed E-state index contributed by atoms with van der Waals surface area (Å²) < 4.78 is 24.9. The predicted octanol–water partition coefficient (Wildman–Crippen LogP) is 3.49. The lowest BCUT2D eigenvalue weighted by atomic mass is 10.2. The third-order valence-electron chi connectivity index (χ3n) is 1.58. The lowest BCUT2D eigenvalue weighted by Crippen LogP contribution is -2.00. The average Bonchev–Trinajstić information content (AvgIpc) is 2.16. The highest BCUT2D eigenvalue weighted by atomic mass is 79.9. The molecule has 1 heterocycles. The smallest absolute Gasteiger partial charge is 0.281 e. The normalized spacial score (nSPS) is 10.6. The zero-order valence-corrected chi connectivity index (χ0v) is 9.98. The number of aromatic nitrogens is 1. The largest absolute Gasteiger partial charge is 0.298 e. The van der Waals surface area contributed by atoms with Crippen LogP contribution in [0.2, 0.25) is 0 Å². The first-order chi connectivity index (χ1) is 6.60. The number of carbonyl (C=O) groups is 1. The van der Waals surface area contributed by atoms with Crippen molar-refractivity contribution in [2.75, 3.05) is 0 Å². The molecule has 6 heteroatoms. The Balaban J connectivity index is 3.30. The minimum atomic E-state index is -2.65. The average molecular weight is 329 g/mol. The van der Waals surface area contributed by atoms with Gasteiger partial charge in [0.1, 0.15) is 5.69 Å². The summed E-state index contributed by atoms with van der Waals surface area (Å²) in [6.45, 7) is 0. The number of aldehydes is 1. The van der Waals surface area contributed by atoms with Gasteiger partial charge in [-0.1, -0.05) is 15.9 Å². The third kappa shape index (κ3) is 2.36. The van der Waals surface area contributed by atoms with Crippen LogP contribution in [0.15, 0.2) is 10.5 Å². The fourth-order valence-corrected chi connectivity index (χ4v) is 1.88. The first kappa shape index (κ1) is 11.7. The molecule has 1 aromatic rings. The standard InChI is InChI=1S/C8H5Br2F2NO/c9-2-6-4(3-14)1-5(10)7(13-6)8(11)12/h1,3,8H,2H2. The van der Waals surface area contributed by atoms with Crippen LogP contribution >= 0.6 is 31.9 Å². The summed E-state index contributed by atoms with van der Waals surface area (Å²) in [7, 11) is 0. The number of hydrogen-bond acceptors (Lipinski definition) is 2. The number of halogens is 4. The van der Waals surface area contributed by atoms with Crippen LogP contribution in [0.5, 0.6) is 0 Å². The number of rotatable bonds is 3. The monoisotopic (exact) mass is 327 g/mol. The van der Waals surface area contributed by atoms with E-state index in [-0.39, 0.29) is 15.5 Å². The van der Waals surface area contributed by atoms with E-state index in [9.17, 15) is 13.6 Å². The number of nitrogens with zero attached hydrogens (tertiary/aromatic N) is 1. The van der Waals surface area contributed by atoms with E-state index >= 15 is 0 Å². The fraction of sp³-hybridized carbons (Fsp3) is 0.250. The van der Waals surface area contributed by atoms with Crippen molar-refractivity contribution < 1.29 is 13.6 Å². The SMILES string of the molecule is O=Cc1cc(Br)c(C(F)F)nc1CBr. The summed E-state index contributed by atoms with van der Waals surface area (Å²) in [6.07, 6.45) is -2.06. The Bertz CT molecular complexity index is 357. The molecule has 1 aromatic heterocycles. The molecule has 14 heavy (non-hydrogen) atoms. The van der Waals surface area contributed by atoms with Crippen molar-refractivity contribution in [2.24, 2.45) is 0 Å². The van der Waals surface area contributed by atoms with Crippen molar-refractivity contribution in [1.29, 1.82) is 0 Å². The molecular weight excluding hydrogens is 324 g/mol. The summed E-state index contributed by atoms with van der Waals surface area (Å²) in [4.78, 5) is 14.2. The van der Waals surface area contributed by atoms with Crippen LogP contribution < -0.4 is 0 Å². The van der Waals surface area contributed by atoms with E-state index in [1.165, 1.54) is 6.07 Å². The zero-order chi connectivity index (χ0) is 10.7. The zero-order valence-electron chi connectivity index (χ0n) is 6.81. The van der Waals surface area contributed by atoms with Crippen molar-refractivity contribution in [2.45, 2.75) is 11.8 Å². The maximum atomic E-state index is 12.4. The number of alkyl halides is 3. The Labute approximate surface area is 96.0 Å². The minimum absolute atomic E-state index is 0.152. The van der Waals surface area contributed by atoms with E-state index in [0.29, 0.717) is 17.5 Å². The van der Waals surface area contributed by atoms with Gasteiger partial charge >= 0.3 is 0 Å². The quantitative estimate of drug-likeness (QED) is 0.628. The summed E-state index contributed by atoms with van der Waals surface area (Å²) in [5, 5.41) is 0.272. The van der Waals surface area contributed by atoms with Gasteiger partial charge in [0.05, 0.1) is 5.69 Å². The van der Waals surface area contributed by atoms with Gasteiger partial charge in [-0.2, -0.15) is 0 Å². The second kappa shape index (κ2) is 4.93. The molecule has 0 bridgehead atoms. The number of hydrogen-bond donors (Lipinski definition) is 0. The molecule has 0 aliphatic carbocycles. The molecule has 0 amide bonds. The van der Waals surface area contributed by atoms with E-state index in [4.69, 9.17) is 0 Å². The second-order valence-electron chi connectivity index (χ2n) is 2.44. The van der Waals surface area contributed by atoms with Gasteiger partial charge in [0.25, 0.3) is 6.43 Å². The molecule has 1 rings (SSSR count). The van der Waals surface area contributed by atoms with Crippen molar-refractivity contribution >= 4 is 38.1 Å². The van der Waals surface area contributed by atoms with E-state index in [0.717, 1.165) is 0 Å². The van der Waals surface area contributed by atoms with E-state index in [1.54, 1.807) is 0 Å². The molecule has 0 saturated heterocycles. The van der Waals surface area contributed by atoms with Crippen LogP contribution in [0.4, 0.5) is 8.78 Å². The molecule has 0 unspecified atom stereocenters. The van der Waals surface area contributed by atoms with Crippen molar-refractivity contribution in [3.8, 4) is 0 Å². The Hall–Kier alpha value is -0.360. The molecule has 0 atom stereocenters. The lowest BCUT2D eigenvalue weighted by molar-refractivity contribution is 0.112. The van der Waals surface area contributed by atoms with E-state index in [2.05, 4.69) is 36.8 Å². The molecule has 0 saturated carbocycles. The van der Waals surface area contributed by atoms with Crippen molar-refractivity contribution in [3.05, 3.63) is 27.5 Å². The highest BCUT2D eigenvalue weighted by molar-refractivity contribution is 9.10. The van der Waals surface area contributed by atoms with Gasteiger partial charge in [-0.25, -0.2) is 13.8 Å². The molecular formula is C8H5Br2F2NO. The maximum absolute atomic E-state index is 12.4.